The second-order valence-electron chi connectivity index (χ2n) is 11.2. The summed E-state index contributed by atoms with van der Waals surface area (Å²) in [4.78, 5) is 33.7. The number of fused-ring (bicyclic) bond motifs is 1. The van der Waals surface area contributed by atoms with Crippen LogP contribution in [0, 0.1) is 0 Å². The number of thiazole rings is 1. The molecule has 0 N–H and O–H groups in total. The van der Waals surface area contributed by atoms with Gasteiger partial charge in [0.2, 0.25) is 0 Å². The number of benzene rings is 4. The number of rotatable bonds is 12. The number of ether oxygens (including phenoxy) is 5. The average molecular weight is 746 g/mol. The molecule has 0 spiro atoms. The molecule has 0 radical (unpaired) electrons. The number of aromatic nitrogens is 1. The van der Waals surface area contributed by atoms with Crippen LogP contribution in [-0.2, 0) is 16.1 Å². The van der Waals surface area contributed by atoms with Crippen molar-refractivity contribution in [1.82, 2.24) is 4.57 Å². The molecule has 5 aromatic rings. The van der Waals surface area contributed by atoms with Crippen molar-refractivity contribution in [2.24, 2.45) is 4.99 Å². The molecule has 262 valence electrons. The third-order valence-electron chi connectivity index (χ3n) is 8.03. The summed E-state index contributed by atoms with van der Waals surface area (Å²) in [5, 5.41) is 0.940. The predicted octanol–water partition coefficient (Wildman–Crippen LogP) is 7.24. The number of hydrogen-bond donors (Lipinski definition) is 0. The fourth-order valence-electron chi connectivity index (χ4n) is 5.74. The molecule has 0 unspecified atom stereocenters. The van der Waals surface area contributed by atoms with Crippen molar-refractivity contribution < 1.29 is 28.5 Å². The Hall–Kier alpha value is -5.03. The van der Waals surface area contributed by atoms with Crippen molar-refractivity contribution in [3.8, 4) is 23.0 Å². The number of carbonyl (C=O) groups excluding carboxylic acids is 1. The Bertz CT molecular complexity index is 2280. The maximum atomic E-state index is 14.5. The second-order valence-corrected chi connectivity index (χ2v) is 13.1. The lowest BCUT2D eigenvalue weighted by Gasteiger charge is -2.27. The number of halogens is 2. The maximum Gasteiger partial charge on any atom is 0.338 e. The molecule has 12 heteroatoms. The minimum atomic E-state index is -0.940. The van der Waals surface area contributed by atoms with Crippen molar-refractivity contribution in [3.63, 3.8) is 0 Å². The van der Waals surface area contributed by atoms with E-state index in [-0.39, 0.29) is 24.3 Å². The average Bonchev–Trinajstić information content (AvgIpc) is 3.45. The van der Waals surface area contributed by atoms with E-state index in [2.05, 4.69) is 0 Å². The number of carbonyl (C=O) groups is 1. The Morgan fingerprint density at radius 3 is 2.35 bits per heavy atom. The molecular weight excluding hydrogens is 711 g/mol. The number of methoxy groups -OCH3 is 2. The Labute approximate surface area is 308 Å². The molecule has 9 nitrogen and oxygen atoms in total. The molecule has 2 heterocycles. The summed E-state index contributed by atoms with van der Waals surface area (Å²) in [5.41, 5.74) is 3.00. The molecule has 6 rings (SSSR count). The molecule has 0 saturated heterocycles. The van der Waals surface area contributed by atoms with E-state index >= 15 is 0 Å². The van der Waals surface area contributed by atoms with Crippen molar-refractivity contribution in [3.05, 3.63) is 142 Å². The van der Waals surface area contributed by atoms with Crippen LogP contribution < -0.4 is 33.8 Å². The number of hydrogen-bond acceptors (Lipinski definition) is 9. The highest BCUT2D eigenvalue weighted by Gasteiger charge is 2.37. The molecule has 4 aromatic carbocycles. The van der Waals surface area contributed by atoms with Crippen LogP contribution in [0.25, 0.3) is 11.8 Å². The molecule has 0 amide bonds. The predicted molar refractivity (Wildman–Crippen MR) is 199 cm³/mol. The third-order valence-corrected chi connectivity index (χ3v) is 9.55. The van der Waals surface area contributed by atoms with Crippen molar-refractivity contribution in [1.29, 1.82) is 0 Å². The lowest BCUT2D eigenvalue weighted by molar-refractivity contribution is -0.138. The van der Waals surface area contributed by atoms with Crippen LogP contribution >= 0.6 is 34.5 Å². The summed E-state index contributed by atoms with van der Waals surface area (Å²) in [6, 6.07) is 24.4. The normalized spacial score (nSPS) is 14.1. The molecule has 0 bridgehead atoms. The van der Waals surface area contributed by atoms with Crippen LogP contribution in [0.5, 0.6) is 23.0 Å². The molecule has 0 saturated carbocycles. The van der Waals surface area contributed by atoms with Gasteiger partial charge in [-0.1, -0.05) is 77.0 Å². The number of esters is 1. The van der Waals surface area contributed by atoms with Crippen LogP contribution in [0.4, 0.5) is 0 Å². The summed E-state index contributed by atoms with van der Waals surface area (Å²) in [7, 11) is 3.08. The largest absolute Gasteiger partial charge is 0.497 e. The molecule has 0 aliphatic carbocycles. The fourth-order valence-corrected chi connectivity index (χ4v) is 7.14. The molecular formula is C39H34Cl2N2O7S. The second kappa shape index (κ2) is 15.9. The van der Waals surface area contributed by atoms with Gasteiger partial charge in [-0.15, -0.1) is 0 Å². The monoisotopic (exact) mass is 744 g/mol. The van der Waals surface area contributed by atoms with Crippen molar-refractivity contribution in [2.45, 2.75) is 26.5 Å². The van der Waals surface area contributed by atoms with Crippen LogP contribution in [0.15, 0.2) is 100 Å². The van der Waals surface area contributed by atoms with E-state index in [4.69, 9.17) is 51.9 Å². The smallest absolute Gasteiger partial charge is 0.338 e. The summed E-state index contributed by atoms with van der Waals surface area (Å²) in [6.45, 7) is 4.33. The Morgan fingerprint density at radius 2 is 1.67 bits per heavy atom. The van der Waals surface area contributed by atoms with Gasteiger partial charge in [0.05, 0.1) is 48.3 Å². The van der Waals surface area contributed by atoms with Crippen molar-refractivity contribution in [2.75, 3.05) is 27.4 Å². The Balaban J connectivity index is 1.53. The lowest BCUT2D eigenvalue weighted by atomic mass is 9.92. The Kier molecular flexibility index (Phi) is 11.1. The van der Waals surface area contributed by atoms with Crippen LogP contribution in [0.3, 0.4) is 0 Å². The zero-order valence-electron chi connectivity index (χ0n) is 28.3. The summed E-state index contributed by atoms with van der Waals surface area (Å²) >= 11 is 14.0. The number of nitrogens with zero attached hydrogens (tertiary/aromatic N) is 2. The summed E-state index contributed by atoms with van der Waals surface area (Å²) in [6.07, 6.45) is 1.72. The SMILES string of the molecule is CCOC(=O)C1=C(c2ccccc2)N=c2s/c(=C\c3cc(Cl)c(OCc4ccc(Cl)cc4)c(OCC)c3)c(=O)n2[C@@H]1c1ccc(OC)cc1OC. The zero-order chi connectivity index (χ0) is 36.1. The quantitative estimate of drug-likeness (QED) is 0.124. The van der Waals surface area contributed by atoms with Crippen molar-refractivity contribution >= 4 is 52.3 Å². The molecule has 1 atom stereocenters. The molecule has 1 aromatic heterocycles. The first kappa shape index (κ1) is 35.8. The lowest BCUT2D eigenvalue weighted by Crippen LogP contribution is -2.40. The van der Waals surface area contributed by atoms with Gasteiger partial charge >= 0.3 is 5.97 Å². The molecule has 0 fully saturated rings. The van der Waals surface area contributed by atoms with Gasteiger partial charge < -0.3 is 23.7 Å². The van der Waals surface area contributed by atoms with Gasteiger partial charge in [0.1, 0.15) is 24.1 Å². The highest BCUT2D eigenvalue weighted by atomic mass is 35.5. The van der Waals surface area contributed by atoms with Crippen LogP contribution in [0.2, 0.25) is 10.0 Å². The highest BCUT2D eigenvalue weighted by Crippen LogP contribution is 2.41. The van der Waals surface area contributed by atoms with E-state index in [1.807, 2.05) is 49.4 Å². The van der Waals surface area contributed by atoms with E-state index in [1.165, 1.54) is 23.0 Å². The van der Waals surface area contributed by atoms with E-state index in [1.54, 1.807) is 62.6 Å². The van der Waals surface area contributed by atoms with Crippen LogP contribution in [-0.4, -0.2) is 38.0 Å². The highest BCUT2D eigenvalue weighted by molar-refractivity contribution is 7.07. The minimum Gasteiger partial charge on any atom is -0.497 e. The Morgan fingerprint density at radius 1 is 0.902 bits per heavy atom. The first-order valence-corrected chi connectivity index (χ1v) is 17.7. The third kappa shape index (κ3) is 7.54. The first-order valence-electron chi connectivity index (χ1n) is 16.1. The van der Waals surface area contributed by atoms with E-state index < -0.39 is 12.0 Å². The van der Waals surface area contributed by atoms with E-state index in [9.17, 15) is 9.59 Å². The van der Waals surface area contributed by atoms with E-state index in [0.717, 1.165) is 5.56 Å². The van der Waals surface area contributed by atoms with Crippen LogP contribution in [0.1, 0.15) is 42.1 Å². The minimum absolute atomic E-state index is 0.129. The molecule has 1 aliphatic heterocycles. The zero-order valence-corrected chi connectivity index (χ0v) is 30.6. The standard InChI is InChI=1S/C39H34Cl2N2O7S/c1-5-48-31-19-24(18-29(41)36(31)50-22-23-12-14-26(40)15-13-23)20-32-37(44)43-35(28-17-16-27(46-3)21-30(28)47-4)33(38(45)49-6-2)34(42-39(43)51-32)25-10-8-7-9-11-25/h7-21,35H,5-6,22H2,1-4H3/b32-20-/t35-/m1/s1. The summed E-state index contributed by atoms with van der Waals surface area (Å²) in [5.74, 6) is 1.18. The fraction of sp³-hybridized carbons (Fsp3) is 0.205. The molecule has 51 heavy (non-hydrogen) atoms. The maximum absolute atomic E-state index is 14.5. The molecule has 1 aliphatic rings. The van der Waals surface area contributed by atoms with Gasteiger partial charge in [-0.25, -0.2) is 9.79 Å². The summed E-state index contributed by atoms with van der Waals surface area (Å²) < 4.78 is 30.7. The van der Waals surface area contributed by atoms with E-state index in [0.29, 0.717) is 71.4 Å². The van der Waals surface area contributed by atoms with Gasteiger partial charge in [-0.2, -0.15) is 0 Å². The van der Waals surface area contributed by atoms with Gasteiger partial charge in [-0.3, -0.25) is 9.36 Å². The van der Waals surface area contributed by atoms with Gasteiger partial charge in [0.25, 0.3) is 5.56 Å². The van der Waals surface area contributed by atoms with Gasteiger partial charge in [-0.05, 0) is 67.4 Å². The van der Waals surface area contributed by atoms with Gasteiger partial charge in [0, 0.05) is 22.2 Å². The van der Waals surface area contributed by atoms with Gasteiger partial charge in [0.15, 0.2) is 16.3 Å². The first-order chi connectivity index (χ1) is 24.8. The topological polar surface area (TPSA) is 97.6 Å².